The van der Waals surface area contributed by atoms with Crippen LogP contribution < -0.4 is 0 Å². The van der Waals surface area contributed by atoms with E-state index in [1.54, 1.807) is 0 Å². The molecule has 0 spiro atoms. The minimum atomic E-state index is 0.450. The maximum Gasteiger partial charge on any atom is 0.0113 e. The molecule has 0 bridgehead atoms. The normalized spacial score (nSPS) is 18.1. The molecule has 0 heteroatoms. The third-order valence-electron chi connectivity index (χ3n) is 7.07. The summed E-state index contributed by atoms with van der Waals surface area (Å²) in [4.78, 5) is 0. The molecular formula is C29H24. The second-order valence-corrected chi connectivity index (χ2v) is 8.59. The van der Waals surface area contributed by atoms with Gasteiger partial charge in [-0.1, -0.05) is 84.9 Å². The van der Waals surface area contributed by atoms with Gasteiger partial charge in [0, 0.05) is 11.8 Å². The Kier molecular flexibility index (Phi) is 3.59. The summed E-state index contributed by atoms with van der Waals surface area (Å²) in [6.45, 7) is 4.55. The van der Waals surface area contributed by atoms with Crippen LogP contribution in [0.25, 0.3) is 22.3 Å². The van der Waals surface area contributed by atoms with Crippen LogP contribution in [0.3, 0.4) is 0 Å². The number of rotatable bonds is 2. The molecule has 2 aliphatic rings. The highest BCUT2D eigenvalue weighted by molar-refractivity contribution is 5.82. The zero-order valence-electron chi connectivity index (χ0n) is 16.9. The van der Waals surface area contributed by atoms with Gasteiger partial charge in [-0.2, -0.15) is 0 Å². The third kappa shape index (κ3) is 2.32. The molecule has 4 aromatic carbocycles. The van der Waals surface area contributed by atoms with Crippen molar-refractivity contribution >= 4 is 0 Å². The van der Waals surface area contributed by atoms with Crippen molar-refractivity contribution < 1.29 is 0 Å². The molecule has 2 atom stereocenters. The minimum absolute atomic E-state index is 0.450. The monoisotopic (exact) mass is 372 g/mol. The lowest BCUT2D eigenvalue weighted by atomic mass is 9.80. The zero-order valence-corrected chi connectivity index (χ0v) is 16.9. The zero-order chi connectivity index (χ0) is 19.5. The number of fused-ring (bicyclic) bond motifs is 6. The van der Waals surface area contributed by atoms with Crippen LogP contribution in [0, 0.1) is 13.8 Å². The van der Waals surface area contributed by atoms with Gasteiger partial charge in [-0.05, 0) is 75.9 Å². The van der Waals surface area contributed by atoms with Crippen molar-refractivity contribution in [3.63, 3.8) is 0 Å². The molecule has 0 radical (unpaired) electrons. The topological polar surface area (TPSA) is 0 Å². The molecule has 0 aliphatic heterocycles. The van der Waals surface area contributed by atoms with Crippen LogP contribution in [-0.2, 0) is 0 Å². The van der Waals surface area contributed by atoms with Gasteiger partial charge in [0.2, 0.25) is 0 Å². The van der Waals surface area contributed by atoms with E-state index in [1.807, 2.05) is 0 Å². The molecule has 0 aromatic heterocycles. The van der Waals surface area contributed by atoms with Gasteiger partial charge >= 0.3 is 0 Å². The van der Waals surface area contributed by atoms with Crippen LogP contribution in [0.4, 0.5) is 0 Å². The second-order valence-electron chi connectivity index (χ2n) is 8.59. The molecule has 29 heavy (non-hydrogen) atoms. The van der Waals surface area contributed by atoms with Gasteiger partial charge in [-0.25, -0.2) is 0 Å². The summed E-state index contributed by atoms with van der Waals surface area (Å²) >= 11 is 0. The van der Waals surface area contributed by atoms with Crippen LogP contribution in [0.2, 0.25) is 0 Å². The first-order chi connectivity index (χ1) is 14.2. The number of aryl methyl sites for hydroxylation is 2. The smallest absolute Gasteiger partial charge is 0.0113 e. The maximum absolute atomic E-state index is 2.35. The third-order valence-corrected chi connectivity index (χ3v) is 7.07. The van der Waals surface area contributed by atoms with Crippen molar-refractivity contribution in [3.8, 4) is 22.3 Å². The molecule has 0 saturated heterocycles. The van der Waals surface area contributed by atoms with Gasteiger partial charge in [-0.15, -0.1) is 0 Å². The van der Waals surface area contributed by atoms with E-state index in [0.717, 1.165) is 6.42 Å². The molecule has 0 fully saturated rings. The van der Waals surface area contributed by atoms with E-state index in [2.05, 4.69) is 98.8 Å². The molecule has 4 aromatic rings. The summed E-state index contributed by atoms with van der Waals surface area (Å²) < 4.78 is 0. The van der Waals surface area contributed by atoms with E-state index in [9.17, 15) is 0 Å². The highest BCUT2D eigenvalue weighted by Gasteiger charge is 2.36. The lowest BCUT2D eigenvalue weighted by molar-refractivity contribution is 0.658. The van der Waals surface area contributed by atoms with Crippen molar-refractivity contribution in [2.75, 3.05) is 0 Å². The Morgan fingerprint density at radius 2 is 0.897 bits per heavy atom. The van der Waals surface area contributed by atoms with Gasteiger partial charge in [0.1, 0.15) is 0 Å². The minimum Gasteiger partial charge on any atom is -0.0619 e. The van der Waals surface area contributed by atoms with Crippen LogP contribution in [0.5, 0.6) is 0 Å². The molecule has 6 rings (SSSR count). The Bertz CT molecular complexity index is 1160. The van der Waals surface area contributed by atoms with Gasteiger partial charge in [0.15, 0.2) is 0 Å². The van der Waals surface area contributed by atoms with Gasteiger partial charge in [-0.3, -0.25) is 0 Å². The molecule has 0 amide bonds. The molecule has 0 heterocycles. The SMILES string of the molecule is Cc1cccc2c1C(CC1c3ccccc3-c3cccc(C)c31)c1ccccc1-2. The summed E-state index contributed by atoms with van der Waals surface area (Å²) in [7, 11) is 0. The van der Waals surface area contributed by atoms with Crippen molar-refractivity contribution in [1.82, 2.24) is 0 Å². The quantitative estimate of drug-likeness (QED) is 0.339. The predicted molar refractivity (Wildman–Crippen MR) is 122 cm³/mol. The summed E-state index contributed by atoms with van der Waals surface area (Å²) in [6.07, 6.45) is 1.13. The summed E-state index contributed by atoms with van der Waals surface area (Å²) in [5, 5.41) is 0. The molecule has 0 nitrogen and oxygen atoms in total. The fourth-order valence-corrected chi connectivity index (χ4v) is 5.88. The van der Waals surface area contributed by atoms with Crippen LogP contribution in [0.1, 0.15) is 51.6 Å². The molecule has 2 unspecified atom stereocenters. The van der Waals surface area contributed by atoms with E-state index in [1.165, 1.54) is 55.6 Å². The van der Waals surface area contributed by atoms with Crippen molar-refractivity contribution in [3.05, 3.63) is 118 Å². The van der Waals surface area contributed by atoms with Gasteiger partial charge in [0.05, 0.1) is 0 Å². The molecule has 0 saturated carbocycles. The average Bonchev–Trinajstić information content (AvgIpc) is 3.24. The first-order valence-corrected chi connectivity index (χ1v) is 10.6. The molecular weight excluding hydrogens is 348 g/mol. The van der Waals surface area contributed by atoms with Gasteiger partial charge < -0.3 is 0 Å². The van der Waals surface area contributed by atoms with E-state index < -0.39 is 0 Å². The Balaban J connectivity index is 1.54. The highest BCUT2D eigenvalue weighted by Crippen LogP contribution is 2.54. The maximum atomic E-state index is 2.35. The first-order valence-electron chi connectivity index (χ1n) is 10.6. The predicted octanol–water partition coefficient (Wildman–Crippen LogP) is 7.62. The Labute approximate surface area is 172 Å². The largest absolute Gasteiger partial charge is 0.0619 e. The van der Waals surface area contributed by atoms with Crippen molar-refractivity contribution in [2.45, 2.75) is 32.1 Å². The van der Waals surface area contributed by atoms with Crippen LogP contribution in [-0.4, -0.2) is 0 Å². The standard InChI is InChI=1S/C29H24/c1-18-9-7-15-24-20-11-3-5-13-22(20)26(28(18)24)17-27-23-14-6-4-12-21(23)25-16-8-10-19(2)29(25)27/h3-16,26-27H,17H2,1-2H3. The average molecular weight is 373 g/mol. The Morgan fingerprint density at radius 3 is 1.38 bits per heavy atom. The lowest BCUT2D eigenvalue weighted by Crippen LogP contribution is -2.07. The van der Waals surface area contributed by atoms with Gasteiger partial charge in [0.25, 0.3) is 0 Å². The van der Waals surface area contributed by atoms with Crippen LogP contribution >= 0.6 is 0 Å². The molecule has 2 aliphatic carbocycles. The summed E-state index contributed by atoms with van der Waals surface area (Å²) in [5.74, 6) is 0.900. The van der Waals surface area contributed by atoms with Crippen LogP contribution in [0.15, 0.2) is 84.9 Å². The van der Waals surface area contributed by atoms with Crippen molar-refractivity contribution in [1.29, 1.82) is 0 Å². The van der Waals surface area contributed by atoms with E-state index in [4.69, 9.17) is 0 Å². The number of hydrogen-bond donors (Lipinski definition) is 0. The molecule has 140 valence electrons. The summed E-state index contributed by atoms with van der Waals surface area (Å²) in [5.41, 5.74) is 14.6. The lowest BCUT2D eigenvalue weighted by Gasteiger charge is -2.23. The van der Waals surface area contributed by atoms with Crippen molar-refractivity contribution in [2.24, 2.45) is 0 Å². The number of benzene rings is 4. The fourth-order valence-electron chi connectivity index (χ4n) is 5.88. The Hall–Kier alpha value is -3.12. The van der Waals surface area contributed by atoms with E-state index in [-0.39, 0.29) is 0 Å². The second kappa shape index (κ2) is 6.19. The van der Waals surface area contributed by atoms with E-state index in [0.29, 0.717) is 11.8 Å². The van der Waals surface area contributed by atoms with E-state index >= 15 is 0 Å². The number of hydrogen-bond acceptors (Lipinski definition) is 0. The Morgan fingerprint density at radius 1 is 0.483 bits per heavy atom. The fraction of sp³-hybridized carbons (Fsp3) is 0.172. The summed E-state index contributed by atoms with van der Waals surface area (Å²) in [6, 6.07) is 31.6. The highest BCUT2D eigenvalue weighted by atomic mass is 14.4. The molecule has 0 N–H and O–H groups in total. The first kappa shape index (κ1) is 16.8.